The summed E-state index contributed by atoms with van der Waals surface area (Å²) in [6.45, 7) is 5.21. The third-order valence-corrected chi connectivity index (χ3v) is 4.90. The topological polar surface area (TPSA) is 46.6 Å². The van der Waals surface area contributed by atoms with Gasteiger partial charge in [0.2, 0.25) is 5.91 Å². The first kappa shape index (κ1) is 20.7. The minimum atomic E-state index is -0.737. The first-order valence-corrected chi connectivity index (χ1v) is 9.49. The van der Waals surface area contributed by atoms with Crippen LogP contribution in [0.15, 0.2) is 59.8 Å². The van der Waals surface area contributed by atoms with Crippen LogP contribution in [0.4, 0.5) is 8.78 Å². The fraction of sp³-hybridized carbons (Fsp3) is 0.304. The molecule has 1 aliphatic heterocycles. The highest BCUT2D eigenvalue weighted by molar-refractivity contribution is 5.96. The zero-order chi connectivity index (χ0) is 21.1. The van der Waals surface area contributed by atoms with Gasteiger partial charge in [0.1, 0.15) is 11.6 Å². The second kappa shape index (κ2) is 8.55. The Morgan fingerprint density at radius 3 is 2.55 bits per heavy atom. The maximum Gasteiger partial charge on any atom is 0.336 e. The average Bonchev–Trinajstić information content (AvgIpc) is 2.64. The van der Waals surface area contributed by atoms with Gasteiger partial charge in [-0.15, -0.1) is 0 Å². The highest BCUT2D eigenvalue weighted by Gasteiger charge is 2.38. The maximum absolute atomic E-state index is 14.5. The fourth-order valence-electron chi connectivity index (χ4n) is 3.59. The summed E-state index contributed by atoms with van der Waals surface area (Å²) in [5.74, 6) is -2.47. The standard InChI is InChI=1S/C23H23F2NO3/c1-14(2)29-23(28)22-15(3)26(13-16-7-6-8-17(24)11-16)21(27)12-19(22)18-9-4-5-10-20(18)25/h4-11,14,19H,12-13H2,1-3H3. The van der Waals surface area contributed by atoms with E-state index in [4.69, 9.17) is 4.74 Å². The van der Waals surface area contributed by atoms with E-state index in [9.17, 15) is 18.4 Å². The lowest BCUT2D eigenvalue weighted by molar-refractivity contribution is -0.143. The van der Waals surface area contributed by atoms with Crippen LogP contribution in [0, 0.1) is 11.6 Å². The monoisotopic (exact) mass is 399 g/mol. The second-order valence-electron chi connectivity index (χ2n) is 7.34. The minimum Gasteiger partial charge on any atom is -0.460 e. The third kappa shape index (κ3) is 4.53. The van der Waals surface area contributed by atoms with E-state index in [1.807, 2.05) is 0 Å². The van der Waals surface area contributed by atoms with Crippen LogP contribution in [0.2, 0.25) is 0 Å². The van der Waals surface area contributed by atoms with Crippen molar-refractivity contribution >= 4 is 11.9 Å². The Bertz CT molecular complexity index is 968. The zero-order valence-electron chi connectivity index (χ0n) is 16.6. The number of carbonyl (C=O) groups is 2. The smallest absolute Gasteiger partial charge is 0.336 e. The number of allylic oxidation sites excluding steroid dienone is 1. The normalized spacial score (nSPS) is 17.1. The van der Waals surface area contributed by atoms with Crippen molar-refractivity contribution in [3.05, 3.63) is 82.6 Å². The van der Waals surface area contributed by atoms with Crippen LogP contribution in [-0.2, 0) is 20.9 Å². The summed E-state index contributed by atoms with van der Waals surface area (Å²) in [4.78, 5) is 27.2. The van der Waals surface area contributed by atoms with Crippen LogP contribution in [0.3, 0.4) is 0 Å². The summed E-state index contributed by atoms with van der Waals surface area (Å²) in [7, 11) is 0. The highest BCUT2D eigenvalue weighted by atomic mass is 19.1. The Hall–Kier alpha value is -3.02. The Kier molecular flexibility index (Phi) is 6.11. The molecule has 152 valence electrons. The number of carbonyl (C=O) groups excluding carboxylic acids is 2. The number of amides is 1. The molecule has 0 fully saturated rings. The van der Waals surface area contributed by atoms with Gasteiger partial charge in [0.25, 0.3) is 0 Å². The Morgan fingerprint density at radius 1 is 1.17 bits per heavy atom. The van der Waals surface area contributed by atoms with Crippen molar-refractivity contribution in [3.63, 3.8) is 0 Å². The molecule has 1 atom stereocenters. The van der Waals surface area contributed by atoms with Gasteiger partial charge in [-0.3, -0.25) is 4.79 Å². The maximum atomic E-state index is 14.5. The number of halogens is 2. The van der Waals surface area contributed by atoms with E-state index in [-0.39, 0.29) is 36.1 Å². The van der Waals surface area contributed by atoms with Gasteiger partial charge in [-0.25, -0.2) is 13.6 Å². The molecule has 1 aliphatic rings. The summed E-state index contributed by atoms with van der Waals surface area (Å²) in [6, 6.07) is 12.0. The van der Waals surface area contributed by atoms with Crippen molar-refractivity contribution < 1.29 is 23.1 Å². The molecular formula is C23H23F2NO3. The SMILES string of the molecule is CC1=C(C(=O)OC(C)C)C(c2ccccc2F)CC(=O)N1Cc1cccc(F)c1. The lowest BCUT2D eigenvalue weighted by atomic mass is 9.83. The van der Waals surface area contributed by atoms with Gasteiger partial charge in [0.15, 0.2) is 0 Å². The van der Waals surface area contributed by atoms with Crippen molar-refractivity contribution in [2.24, 2.45) is 0 Å². The van der Waals surface area contributed by atoms with Crippen molar-refractivity contribution in [1.82, 2.24) is 4.90 Å². The van der Waals surface area contributed by atoms with Crippen LogP contribution in [0.25, 0.3) is 0 Å². The molecule has 2 aromatic rings. The molecule has 0 N–H and O–H groups in total. The van der Waals surface area contributed by atoms with Gasteiger partial charge in [0, 0.05) is 18.0 Å². The third-order valence-electron chi connectivity index (χ3n) is 4.90. The molecule has 0 radical (unpaired) electrons. The number of hydrogen-bond acceptors (Lipinski definition) is 3. The van der Waals surface area contributed by atoms with E-state index in [2.05, 4.69) is 0 Å². The van der Waals surface area contributed by atoms with E-state index in [1.165, 1.54) is 23.1 Å². The molecule has 0 saturated carbocycles. The lowest BCUT2D eigenvalue weighted by Crippen LogP contribution is -2.38. The average molecular weight is 399 g/mol. The minimum absolute atomic E-state index is 0.0733. The first-order valence-electron chi connectivity index (χ1n) is 9.49. The number of benzene rings is 2. The van der Waals surface area contributed by atoms with Crippen molar-refractivity contribution in [1.29, 1.82) is 0 Å². The molecule has 0 saturated heterocycles. The van der Waals surface area contributed by atoms with E-state index < -0.39 is 23.5 Å². The molecule has 1 amide bonds. The van der Waals surface area contributed by atoms with Gasteiger partial charge < -0.3 is 9.64 Å². The lowest BCUT2D eigenvalue weighted by Gasteiger charge is -2.35. The van der Waals surface area contributed by atoms with Crippen LogP contribution < -0.4 is 0 Å². The molecule has 1 heterocycles. The van der Waals surface area contributed by atoms with Gasteiger partial charge in [-0.2, -0.15) is 0 Å². The number of hydrogen-bond donors (Lipinski definition) is 0. The van der Waals surface area contributed by atoms with Crippen LogP contribution in [0.5, 0.6) is 0 Å². The molecule has 3 rings (SSSR count). The molecule has 0 aliphatic carbocycles. The zero-order valence-corrected chi connectivity index (χ0v) is 16.6. The highest BCUT2D eigenvalue weighted by Crippen LogP contribution is 2.38. The van der Waals surface area contributed by atoms with Crippen LogP contribution in [0.1, 0.15) is 44.2 Å². The van der Waals surface area contributed by atoms with E-state index in [1.54, 1.807) is 51.1 Å². The number of rotatable bonds is 5. The Labute approximate surface area is 168 Å². The summed E-state index contributed by atoms with van der Waals surface area (Å²) >= 11 is 0. The van der Waals surface area contributed by atoms with Crippen molar-refractivity contribution in [2.75, 3.05) is 0 Å². The van der Waals surface area contributed by atoms with E-state index in [0.29, 0.717) is 11.3 Å². The van der Waals surface area contributed by atoms with Gasteiger partial charge >= 0.3 is 5.97 Å². The summed E-state index contributed by atoms with van der Waals surface area (Å²) < 4.78 is 33.4. The van der Waals surface area contributed by atoms with Crippen LogP contribution in [-0.4, -0.2) is 22.9 Å². The Morgan fingerprint density at radius 2 is 1.90 bits per heavy atom. The molecule has 1 unspecified atom stereocenters. The van der Waals surface area contributed by atoms with E-state index in [0.717, 1.165) is 0 Å². The molecule has 0 bridgehead atoms. The second-order valence-corrected chi connectivity index (χ2v) is 7.34. The summed E-state index contributed by atoms with van der Waals surface area (Å²) in [5, 5.41) is 0. The molecule has 0 spiro atoms. The predicted molar refractivity (Wildman–Crippen MR) is 105 cm³/mol. The van der Waals surface area contributed by atoms with Crippen molar-refractivity contribution in [3.8, 4) is 0 Å². The first-order chi connectivity index (χ1) is 13.8. The number of esters is 1. The van der Waals surface area contributed by atoms with Gasteiger partial charge in [0.05, 0.1) is 18.2 Å². The molecule has 6 heteroatoms. The molecule has 2 aromatic carbocycles. The molecule has 4 nitrogen and oxygen atoms in total. The Balaban J connectivity index is 2.06. The van der Waals surface area contributed by atoms with Gasteiger partial charge in [-0.05, 0) is 50.1 Å². The molecule has 0 aromatic heterocycles. The van der Waals surface area contributed by atoms with Crippen molar-refractivity contribution in [2.45, 2.75) is 45.8 Å². The van der Waals surface area contributed by atoms with Gasteiger partial charge in [-0.1, -0.05) is 30.3 Å². The molecular weight excluding hydrogens is 376 g/mol. The fourth-order valence-corrected chi connectivity index (χ4v) is 3.59. The quantitative estimate of drug-likeness (QED) is 0.685. The summed E-state index contributed by atoms with van der Waals surface area (Å²) in [5.41, 5.74) is 1.52. The number of nitrogens with zero attached hydrogens (tertiary/aromatic N) is 1. The van der Waals surface area contributed by atoms with E-state index >= 15 is 0 Å². The van der Waals surface area contributed by atoms with Crippen LogP contribution >= 0.6 is 0 Å². The molecule has 29 heavy (non-hydrogen) atoms. The predicted octanol–water partition coefficient (Wildman–Crippen LogP) is 4.71. The largest absolute Gasteiger partial charge is 0.460 e. The number of ether oxygens (including phenoxy) is 1. The summed E-state index contributed by atoms with van der Waals surface area (Å²) in [6.07, 6.45) is -0.436.